The molecular weight excluding hydrogens is 614 g/mol. The first-order valence-corrected chi connectivity index (χ1v) is 18.8. The van der Waals surface area contributed by atoms with Crippen LogP contribution in [0.2, 0.25) is 0 Å². The predicted molar refractivity (Wildman–Crippen MR) is 199 cm³/mol. The number of hydrogen-bond donors (Lipinski definition) is 1. The maximum atomic E-state index is 14.1. The van der Waals surface area contributed by atoms with Crippen molar-refractivity contribution in [2.45, 2.75) is 171 Å². The molecule has 1 saturated heterocycles. The Hall–Kier alpha value is -2.25. The molecule has 49 heavy (non-hydrogen) atoms. The summed E-state index contributed by atoms with van der Waals surface area (Å²) in [7, 11) is 0. The van der Waals surface area contributed by atoms with Gasteiger partial charge in [-0.25, -0.2) is 0 Å². The highest BCUT2D eigenvalue weighted by molar-refractivity contribution is 5.84. The molecule has 1 aromatic rings. The van der Waals surface area contributed by atoms with E-state index in [9.17, 15) is 19.5 Å². The first-order chi connectivity index (χ1) is 22.4. The zero-order valence-electron chi connectivity index (χ0n) is 33.8. The molecule has 0 aliphatic carbocycles. The fourth-order valence-corrected chi connectivity index (χ4v) is 7.79. The minimum Gasteiger partial charge on any atom is -0.481 e. The third-order valence-electron chi connectivity index (χ3n) is 13.4. The van der Waals surface area contributed by atoms with Crippen LogP contribution in [0, 0.1) is 34.0 Å². The Labute approximate surface area is 299 Å². The zero-order chi connectivity index (χ0) is 37.8. The summed E-state index contributed by atoms with van der Waals surface area (Å²) in [5.74, 6) is -2.39. The van der Waals surface area contributed by atoms with Crippen LogP contribution in [0.4, 0.5) is 0 Å². The van der Waals surface area contributed by atoms with Crippen LogP contribution >= 0.6 is 0 Å². The average Bonchev–Trinajstić information content (AvgIpc) is 3.03. The van der Waals surface area contributed by atoms with Crippen LogP contribution in [0.15, 0.2) is 30.3 Å². The molecule has 0 saturated carbocycles. The number of hydrogen-bond acceptors (Lipinski definition) is 6. The molecule has 1 aliphatic rings. The highest BCUT2D eigenvalue weighted by atomic mass is 16.7. The SMILES string of the molecule is CCCCOC(=O)C(CC(C)(C)C(C)c1ccccc1)C(C)(C)C(C)(C)CC(C(=O)O)C(C)(C)ON1C(C)(CC)CC(=O)C(C)C1(C)CC. The van der Waals surface area contributed by atoms with Gasteiger partial charge in [-0.1, -0.05) is 113 Å². The molecule has 7 heteroatoms. The largest absolute Gasteiger partial charge is 0.481 e. The monoisotopic (exact) mass is 686 g/mol. The minimum atomic E-state index is -1.12. The maximum absolute atomic E-state index is 14.1. The van der Waals surface area contributed by atoms with Gasteiger partial charge in [-0.05, 0) is 87.5 Å². The first kappa shape index (κ1) is 42.9. The summed E-state index contributed by atoms with van der Waals surface area (Å²) in [5, 5.41) is 12.9. The lowest BCUT2D eigenvalue weighted by Crippen LogP contribution is -2.68. The number of hydroxylamine groups is 2. The predicted octanol–water partition coefficient (Wildman–Crippen LogP) is 10.3. The van der Waals surface area contributed by atoms with Crippen molar-refractivity contribution in [3.63, 3.8) is 0 Å². The molecule has 1 aliphatic heterocycles. The topological polar surface area (TPSA) is 93.1 Å². The number of esters is 1. The number of benzene rings is 1. The van der Waals surface area contributed by atoms with Gasteiger partial charge in [0.15, 0.2) is 0 Å². The average molecular weight is 686 g/mol. The van der Waals surface area contributed by atoms with Gasteiger partial charge in [0.1, 0.15) is 5.78 Å². The molecule has 1 N–H and O–H groups in total. The van der Waals surface area contributed by atoms with Crippen molar-refractivity contribution in [1.82, 2.24) is 5.06 Å². The van der Waals surface area contributed by atoms with Crippen molar-refractivity contribution in [3.05, 3.63) is 35.9 Å². The molecule has 1 aromatic carbocycles. The number of carbonyl (C=O) groups is 3. The number of ether oxygens (including phenoxy) is 1. The van der Waals surface area contributed by atoms with Crippen molar-refractivity contribution in [2.24, 2.45) is 34.0 Å². The molecule has 0 radical (unpaired) electrons. The second kappa shape index (κ2) is 16.0. The van der Waals surface area contributed by atoms with Crippen LogP contribution in [0.1, 0.15) is 160 Å². The van der Waals surface area contributed by atoms with Gasteiger partial charge >= 0.3 is 11.9 Å². The van der Waals surface area contributed by atoms with E-state index in [-0.39, 0.29) is 35.4 Å². The zero-order valence-corrected chi connectivity index (χ0v) is 33.8. The number of unbranched alkanes of at least 4 members (excludes halogenated alkanes) is 1. The van der Waals surface area contributed by atoms with Crippen molar-refractivity contribution in [2.75, 3.05) is 6.61 Å². The molecule has 0 amide bonds. The van der Waals surface area contributed by atoms with Crippen LogP contribution in [-0.2, 0) is 24.0 Å². The Kier molecular flexibility index (Phi) is 14.0. The summed E-state index contributed by atoms with van der Waals surface area (Å²) in [6.07, 6.45) is 4.32. The van der Waals surface area contributed by atoms with Crippen molar-refractivity contribution in [3.8, 4) is 0 Å². The normalized spacial score (nSPS) is 24.7. The highest BCUT2D eigenvalue weighted by Gasteiger charge is 2.57. The van der Waals surface area contributed by atoms with Gasteiger partial charge in [0.2, 0.25) is 0 Å². The Morgan fingerprint density at radius 1 is 0.939 bits per heavy atom. The van der Waals surface area contributed by atoms with Gasteiger partial charge in [-0.3, -0.25) is 19.2 Å². The third kappa shape index (κ3) is 9.16. The lowest BCUT2D eigenvalue weighted by molar-refractivity contribution is -0.348. The summed E-state index contributed by atoms with van der Waals surface area (Å²) in [6.45, 7) is 31.4. The van der Waals surface area contributed by atoms with Gasteiger partial charge < -0.3 is 9.84 Å². The molecule has 1 fully saturated rings. The number of piperidine rings is 1. The Morgan fingerprint density at radius 3 is 2.00 bits per heavy atom. The van der Waals surface area contributed by atoms with E-state index in [1.807, 2.05) is 31.9 Å². The lowest BCUT2D eigenvalue weighted by Gasteiger charge is -2.58. The van der Waals surface area contributed by atoms with Crippen molar-refractivity contribution >= 4 is 17.7 Å². The Bertz CT molecular complexity index is 1270. The number of rotatable bonds is 18. The van der Waals surface area contributed by atoms with E-state index < -0.39 is 45.3 Å². The summed E-state index contributed by atoms with van der Waals surface area (Å²) in [5.41, 5.74) is -2.58. The van der Waals surface area contributed by atoms with E-state index >= 15 is 0 Å². The molecule has 2 rings (SSSR count). The van der Waals surface area contributed by atoms with Crippen LogP contribution in [-0.4, -0.2) is 51.2 Å². The fraction of sp³-hybridized carbons (Fsp3) is 0.786. The lowest BCUT2D eigenvalue weighted by atomic mass is 9.54. The number of aliphatic carboxylic acids is 1. The molecule has 7 nitrogen and oxygen atoms in total. The molecule has 0 spiro atoms. The number of carboxylic acid groups (broad SMARTS) is 1. The van der Waals surface area contributed by atoms with Gasteiger partial charge in [-0.15, -0.1) is 0 Å². The summed E-state index contributed by atoms with van der Waals surface area (Å²) >= 11 is 0. The first-order valence-electron chi connectivity index (χ1n) is 18.8. The quantitative estimate of drug-likeness (QED) is 0.121. The Morgan fingerprint density at radius 2 is 1.51 bits per heavy atom. The molecule has 1 heterocycles. The van der Waals surface area contributed by atoms with Crippen molar-refractivity contribution in [1.29, 1.82) is 0 Å². The molecule has 6 atom stereocenters. The van der Waals surface area contributed by atoms with E-state index in [0.717, 1.165) is 12.8 Å². The number of ketones is 1. The van der Waals surface area contributed by atoms with E-state index in [0.29, 0.717) is 32.3 Å². The van der Waals surface area contributed by atoms with Crippen LogP contribution in [0.5, 0.6) is 0 Å². The molecule has 0 aromatic heterocycles. The number of carbonyl (C=O) groups excluding carboxylic acids is 2. The molecule has 6 unspecified atom stereocenters. The minimum absolute atomic E-state index is 0.178. The van der Waals surface area contributed by atoms with Gasteiger partial charge in [0, 0.05) is 12.3 Å². The number of nitrogens with zero attached hydrogens (tertiary/aromatic N) is 1. The maximum Gasteiger partial charge on any atom is 0.309 e. The number of Topliss-reactive ketones (excluding diaryl/α,β-unsaturated/α-hetero) is 1. The number of carboxylic acids is 1. The van der Waals surface area contributed by atoms with Crippen LogP contribution in [0.25, 0.3) is 0 Å². The summed E-state index contributed by atoms with van der Waals surface area (Å²) in [6, 6.07) is 10.4. The molecular formula is C42H71NO6. The van der Waals surface area contributed by atoms with Gasteiger partial charge in [0.25, 0.3) is 0 Å². The second-order valence-electron chi connectivity index (χ2n) is 18.0. The van der Waals surface area contributed by atoms with E-state index in [2.05, 4.69) is 107 Å². The van der Waals surface area contributed by atoms with Crippen LogP contribution < -0.4 is 0 Å². The van der Waals surface area contributed by atoms with Gasteiger partial charge in [-0.2, -0.15) is 5.06 Å². The van der Waals surface area contributed by atoms with E-state index in [1.54, 1.807) is 0 Å². The Balaban J connectivity index is 2.55. The third-order valence-corrected chi connectivity index (χ3v) is 13.4. The summed E-state index contributed by atoms with van der Waals surface area (Å²) < 4.78 is 5.95. The van der Waals surface area contributed by atoms with E-state index in [4.69, 9.17) is 9.57 Å². The van der Waals surface area contributed by atoms with E-state index in [1.165, 1.54) is 5.56 Å². The standard InChI is InChI=1S/C42H71NO6/c1-16-19-25-48-36(47)33(26-37(6,7)29(4)31-23-21-20-22-24-31)39(10,11)38(8,9)27-32(35(45)46)40(12,13)49-43-41(14,17-2)28-34(44)30(5)42(43,15)18-3/h20-24,29-30,32-33H,16-19,25-28H2,1-15H3,(H,45,46). The van der Waals surface area contributed by atoms with Crippen molar-refractivity contribution < 1.29 is 29.1 Å². The van der Waals surface area contributed by atoms with Gasteiger partial charge in [0.05, 0.1) is 35.1 Å². The highest BCUT2D eigenvalue weighted by Crippen LogP contribution is 2.55. The fourth-order valence-electron chi connectivity index (χ4n) is 7.79. The van der Waals surface area contributed by atoms with Crippen LogP contribution in [0.3, 0.4) is 0 Å². The molecule has 0 bridgehead atoms. The second-order valence-corrected chi connectivity index (χ2v) is 18.0. The molecule has 280 valence electrons. The summed E-state index contributed by atoms with van der Waals surface area (Å²) in [4.78, 5) is 47.5. The smallest absolute Gasteiger partial charge is 0.309 e.